The molecule has 0 spiro atoms. The topological polar surface area (TPSA) is 0 Å². The zero-order valence-electron chi connectivity index (χ0n) is 12.4. The predicted molar refractivity (Wildman–Crippen MR) is 75.5 cm³/mol. The third kappa shape index (κ3) is 3.36. The minimum Gasteiger partial charge on any atom is -0.166 e. The Morgan fingerprint density at radius 3 is 2.15 bits per heavy atom. The number of benzene rings is 1. The summed E-state index contributed by atoms with van der Waals surface area (Å²) in [5.41, 5.74) is 0.523. The molecule has 20 heavy (non-hydrogen) atoms. The third-order valence-electron chi connectivity index (χ3n) is 4.69. The van der Waals surface area contributed by atoms with Gasteiger partial charge < -0.3 is 0 Å². The Bertz CT molecular complexity index is 431. The molecule has 0 aromatic heterocycles. The van der Waals surface area contributed by atoms with E-state index >= 15 is 0 Å². The summed E-state index contributed by atoms with van der Waals surface area (Å²) in [7, 11) is 0. The molecule has 3 heteroatoms. The molecule has 1 aromatic carbocycles. The lowest BCUT2D eigenvalue weighted by Crippen LogP contribution is -2.26. The molecule has 3 atom stereocenters. The Kier molecular flexibility index (Phi) is 4.46. The minimum atomic E-state index is -4.24. The highest BCUT2D eigenvalue weighted by atomic mass is 19.4. The fraction of sp³-hybridized carbons (Fsp3) is 0.647. The summed E-state index contributed by atoms with van der Waals surface area (Å²) >= 11 is 0. The molecule has 1 aliphatic rings. The molecule has 0 nitrogen and oxygen atoms in total. The van der Waals surface area contributed by atoms with E-state index in [1.807, 2.05) is 0 Å². The van der Waals surface area contributed by atoms with Crippen molar-refractivity contribution >= 4 is 0 Å². The van der Waals surface area contributed by atoms with E-state index in [2.05, 4.69) is 20.8 Å². The molecule has 0 N–H and O–H groups in total. The predicted octanol–water partition coefficient (Wildman–Crippen LogP) is 5.88. The van der Waals surface area contributed by atoms with E-state index in [1.165, 1.54) is 25.0 Å². The summed E-state index contributed by atoms with van der Waals surface area (Å²) in [5, 5.41) is 0. The van der Waals surface area contributed by atoms with Gasteiger partial charge in [-0.25, -0.2) is 0 Å². The second kappa shape index (κ2) is 5.79. The van der Waals surface area contributed by atoms with Gasteiger partial charge in [-0.3, -0.25) is 0 Å². The quantitative estimate of drug-likeness (QED) is 0.636. The van der Waals surface area contributed by atoms with Crippen LogP contribution >= 0.6 is 0 Å². The van der Waals surface area contributed by atoms with Crippen LogP contribution in [0.4, 0.5) is 13.2 Å². The highest BCUT2D eigenvalue weighted by Gasteiger charge is 2.33. The van der Waals surface area contributed by atoms with Crippen LogP contribution in [-0.4, -0.2) is 0 Å². The van der Waals surface area contributed by atoms with Crippen molar-refractivity contribution in [1.29, 1.82) is 0 Å². The smallest absolute Gasteiger partial charge is 0.166 e. The van der Waals surface area contributed by atoms with Gasteiger partial charge in [0, 0.05) is 0 Å². The number of alkyl halides is 3. The van der Waals surface area contributed by atoms with Crippen molar-refractivity contribution in [2.75, 3.05) is 0 Å². The Balaban J connectivity index is 2.23. The van der Waals surface area contributed by atoms with Crippen molar-refractivity contribution in [3.63, 3.8) is 0 Å². The van der Waals surface area contributed by atoms with Gasteiger partial charge in [-0.1, -0.05) is 39.3 Å². The summed E-state index contributed by atoms with van der Waals surface area (Å²) in [6.07, 6.45) is -0.728. The molecule has 0 amide bonds. The number of halogens is 3. The Morgan fingerprint density at radius 1 is 1.05 bits per heavy atom. The van der Waals surface area contributed by atoms with Crippen molar-refractivity contribution in [1.82, 2.24) is 0 Å². The largest absolute Gasteiger partial charge is 0.416 e. The highest BCUT2D eigenvalue weighted by molar-refractivity contribution is 5.28. The molecule has 0 bridgehead atoms. The van der Waals surface area contributed by atoms with Gasteiger partial charge in [0.2, 0.25) is 0 Å². The number of hydrogen-bond acceptors (Lipinski definition) is 0. The Morgan fingerprint density at radius 2 is 1.65 bits per heavy atom. The maximum Gasteiger partial charge on any atom is 0.416 e. The Hall–Kier alpha value is -0.990. The van der Waals surface area contributed by atoms with Crippen LogP contribution in [0.3, 0.4) is 0 Å². The van der Waals surface area contributed by atoms with Gasteiger partial charge in [-0.05, 0) is 54.2 Å². The first kappa shape index (κ1) is 15.4. The SMILES string of the molecule is CC(C)[C@@H]1CC[C@@H](C)C[C@H]1c1ccc(C(F)(F)F)cc1. The van der Waals surface area contributed by atoms with Gasteiger partial charge >= 0.3 is 6.18 Å². The molecule has 2 rings (SSSR count). The zero-order valence-corrected chi connectivity index (χ0v) is 12.4. The molecule has 1 fully saturated rings. The summed E-state index contributed by atoms with van der Waals surface area (Å²) in [4.78, 5) is 0. The molecule has 0 saturated heterocycles. The molecule has 0 heterocycles. The Labute approximate surface area is 119 Å². The second-order valence-electron chi connectivity index (χ2n) is 6.55. The van der Waals surface area contributed by atoms with E-state index in [-0.39, 0.29) is 0 Å². The van der Waals surface area contributed by atoms with Gasteiger partial charge in [-0.15, -0.1) is 0 Å². The summed E-state index contributed by atoms with van der Waals surface area (Å²) in [5.74, 6) is 2.23. The summed E-state index contributed by atoms with van der Waals surface area (Å²) < 4.78 is 37.9. The number of hydrogen-bond donors (Lipinski definition) is 0. The second-order valence-corrected chi connectivity index (χ2v) is 6.55. The third-order valence-corrected chi connectivity index (χ3v) is 4.69. The molecule has 112 valence electrons. The maximum atomic E-state index is 12.6. The van der Waals surface area contributed by atoms with Crippen LogP contribution in [0.2, 0.25) is 0 Å². The van der Waals surface area contributed by atoms with Gasteiger partial charge in [0.1, 0.15) is 0 Å². The zero-order chi connectivity index (χ0) is 14.9. The molecular formula is C17H23F3. The lowest BCUT2D eigenvalue weighted by atomic mass is 9.67. The van der Waals surface area contributed by atoms with Crippen LogP contribution in [0.5, 0.6) is 0 Å². The normalized spacial score (nSPS) is 27.9. The average molecular weight is 284 g/mol. The standard InChI is InChI=1S/C17H23F3/c1-11(2)15-9-4-12(3)10-16(15)13-5-7-14(8-6-13)17(18,19)20/h5-8,11-12,15-16H,4,9-10H2,1-3H3/t12-,15+,16+/m1/s1. The van der Waals surface area contributed by atoms with Crippen molar-refractivity contribution in [3.05, 3.63) is 35.4 Å². The van der Waals surface area contributed by atoms with Gasteiger partial charge in [0.15, 0.2) is 0 Å². The van der Waals surface area contributed by atoms with Gasteiger partial charge in [0.25, 0.3) is 0 Å². The molecule has 0 aliphatic heterocycles. The fourth-order valence-electron chi connectivity index (χ4n) is 3.50. The molecule has 0 radical (unpaired) electrons. The summed E-state index contributed by atoms with van der Waals surface area (Å²) in [6, 6.07) is 5.82. The average Bonchev–Trinajstić information content (AvgIpc) is 2.37. The first-order chi connectivity index (χ1) is 9.29. The lowest BCUT2D eigenvalue weighted by Gasteiger charge is -2.37. The van der Waals surface area contributed by atoms with Crippen LogP contribution in [0, 0.1) is 17.8 Å². The van der Waals surface area contributed by atoms with Crippen LogP contribution in [0.25, 0.3) is 0 Å². The van der Waals surface area contributed by atoms with Crippen LogP contribution < -0.4 is 0 Å². The first-order valence-electron chi connectivity index (χ1n) is 7.46. The van der Waals surface area contributed by atoms with Crippen LogP contribution in [0.1, 0.15) is 57.1 Å². The highest BCUT2D eigenvalue weighted by Crippen LogP contribution is 2.44. The van der Waals surface area contributed by atoms with E-state index < -0.39 is 11.7 Å². The maximum absolute atomic E-state index is 12.6. The van der Waals surface area contributed by atoms with Gasteiger partial charge in [-0.2, -0.15) is 13.2 Å². The molecule has 1 saturated carbocycles. The van der Waals surface area contributed by atoms with E-state index in [1.54, 1.807) is 12.1 Å². The van der Waals surface area contributed by atoms with Crippen molar-refractivity contribution in [3.8, 4) is 0 Å². The van der Waals surface area contributed by atoms with Crippen molar-refractivity contribution in [2.24, 2.45) is 17.8 Å². The molecule has 0 unspecified atom stereocenters. The minimum absolute atomic E-state index is 0.404. The van der Waals surface area contributed by atoms with Gasteiger partial charge in [0.05, 0.1) is 5.56 Å². The monoisotopic (exact) mass is 284 g/mol. The summed E-state index contributed by atoms with van der Waals surface area (Å²) in [6.45, 7) is 6.68. The fourth-order valence-corrected chi connectivity index (χ4v) is 3.50. The van der Waals surface area contributed by atoms with Crippen molar-refractivity contribution < 1.29 is 13.2 Å². The van der Waals surface area contributed by atoms with Crippen LogP contribution in [0.15, 0.2) is 24.3 Å². The molecule has 1 aromatic rings. The lowest BCUT2D eigenvalue weighted by molar-refractivity contribution is -0.137. The van der Waals surface area contributed by atoms with Crippen LogP contribution in [-0.2, 0) is 6.18 Å². The van der Waals surface area contributed by atoms with E-state index in [9.17, 15) is 13.2 Å². The van der Waals surface area contributed by atoms with E-state index in [0.717, 1.165) is 12.0 Å². The van der Waals surface area contributed by atoms with Crippen molar-refractivity contribution in [2.45, 2.75) is 52.1 Å². The van der Waals surface area contributed by atoms with E-state index in [0.29, 0.717) is 23.7 Å². The first-order valence-corrected chi connectivity index (χ1v) is 7.46. The molecular weight excluding hydrogens is 261 g/mol. The number of rotatable bonds is 2. The van der Waals surface area contributed by atoms with E-state index in [4.69, 9.17) is 0 Å². The molecule has 1 aliphatic carbocycles.